The Bertz CT molecular complexity index is 1050. The maximum atomic E-state index is 12.8. The molecule has 10 heteroatoms. The second-order valence-electron chi connectivity index (χ2n) is 7.32. The van der Waals surface area contributed by atoms with Gasteiger partial charge in [-0.3, -0.25) is 25.2 Å². The van der Waals surface area contributed by atoms with Crippen LogP contribution in [0.1, 0.15) is 54.3 Å². The van der Waals surface area contributed by atoms with E-state index in [0.717, 1.165) is 6.42 Å². The molecule has 0 unspecified atom stereocenters. The monoisotopic (exact) mass is 489 g/mol. The number of ether oxygens (including phenoxy) is 3. The zero-order chi connectivity index (χ0) is 24.7. The summed E-state index contributed by atoms with van der Waals surface area (Å²) in [7, 11) is 0. The Morgan fingerprint density at radius 2 is 1.50 bits per heavy atom. The van der Waals surface area contributed by atoms with Crippen LogP contribution in [0.5, 0.6) is 17.2 Å². The lowest BCUT2D eigenvalue weighted by atomic mass is 10.1. The van der Waals surface area contributed by atoms with E-state index in [4.69, 9.17) is 25.8 Å². The van der Waals surface area contributed by atoms with E-state index >= 15 is 0 Å². The van der Waals surface area contributed by atoms with Crippen molar-refractivity contribution >= 4 is 35.0 Å². The molecule has 2 aromatic rings. The van der Waals surface area contributed by atoms with Gasteiger partial charge in [0.15, 0.2) is 11.5 Å². The minimum Gasteiger partial charge on any atom is -0.490 e. The Balaban J connectivity index is 1.76. The van der Waals surface area contributed by atoms with Crippen molar-refractivity contribution in [1.29, 1.82) is 0 Å². The number of anilines is 1. The van der Waals surface area contributed by atoms with E-state index in [2.05, 4.69) is 10.9 Å². The molecule has 0 atom stereocenters. The molecule has 2 N–H and O–H groups in total. The number of carbonyl (C=O) groups is 3. The molecule has 0 saturated carbocycles. The number of hydrogen-bond acceptors (Lipinski definition) is 6. The number of amides is 3. The number of benzene rings is 2. The lowest BCUT2D eigenvalue weighted by molar-refractivity contribution is -0.117. The number of carbonyl (C=O) groups excluding carboxylic acids is 3. The Morgan fingerprint density at radius 1 is 0.912 bits per heavy atom. The molecule has 1 aliphatic rings. The Hall–Kier alpha value is -3.46. The fourth-order valence-electron chi connectivity index (χ4n) is 3.54. The molecule has 0 spiro atoms. The highest BCUT2D eigenvalue weighted by Gasteiger charge is 2.25. The van der Waals surface area contributed by atoms with Gasteiger partial charge in [-0.05, 0) is 57.5 Å². The van der Waals surface area contributed by atoms with Gasteiger partial charge in [-0.25, -0.2) is 0 Å². The third kappa shape index (κ3) is 5.72. The van der Waals surface area contributed by atoms with Gasteiger partial charge in [0, 0.05) is 24.1 Å². The zero-order valence-corrected chi connectivity index (χ0v) is 20.2. The van der Waals surface area contributed by atoms with Gasteiger partial charge in [0.2, 0.25) is 11.7 Å². The van der Waals surface area contributed by atoms with Gasteiger partial charge in [0.1, 0.15) is 0 Å². The first-order chi connectivity index (χ1) is 16.4. The smallest absolute Gasteiger partial charge is 0.269 e. The van der Waals surface area contributed by atoms with Crippen LogP contribution >= 0.6 is 11.6 Å². The van der Waals surface area contributed by atoms with E-state index in [1.54, 1.807) is 11.0 Å². The SMILES string of the molecule is CCOc1cc(C(=O)NNC(=O)c2ccc(Cl)c(N3CCCC3=O)c2)cc(OCC)c1OCC. The van der Waals surface area contributed by atoms with E-state index in [0.29, 0.717) is 60.7 Å². The van der Waals surface area contributed by atoms with Gasteiger partial charge in [0.25, 0.3) is 11.8 Å². The molecule has 0 bridgehead atoms. The average molecular weight is 490 g/mol. The van der Waals surface area contributed by atoms with E-state index in [9.17, 15) is 14.4 Å². The summed E-state index contributed by atoms with van der Waals surface area (Å²) in [5, 5.41) is 0.372. The van der Waals surface area contributed by atoms with Crippen molar-refractivity contribution in [1.82, 2.24) is 10.9 Å². The van der Waals surface area contributed by atoms with E-state index in [1.807, 2.05) is 20.8 Å². The van der Waals surface area contributed by atoms with Crippen molar-refractivity contribution in [2.75, 3.05) is 31.3 Å². The molecule has 182 valence electrons. The number of hydrazine groups is 1. The molecule has 3 rings (SSSR count). The van der Waals surface area contributed by atoms with Crippen LogP contribution in [0.3, 0.4) is 0 Å². The first-order valence-corrected chi connectivity index (χ1v) is 11.5. The minimum absolute atomic E-state index is 0.0431. The van der Waals surface area contributed by atoms with Crippen molar-refractivity contribution in [3.05, 3.63) is 46.5 Å². The number of nitrogens with zero attached hydrogens (tertiary/aromatic N) is 1. The van der Waals surface area contributed by atoms with Gasteiger partial charge < -0.3 is 19.1 Å². The summed E-state index contributed by atoms with van der Waals surface area (Å²) >= 11 is 6.24. The summed E-state index contributed by atoms with van der Waals surface area (Å²) < 4.78 is 16.9. The van der Waals surface area contributed by atoms with E-state index in [1.165, 1.54) is 24.3 Å². The minimum atomic E-state index is -0.567. The van der Waals surface area contributed by atoms with Crippen LogP contribution in [0.2, 0.25) is 5.02 Å². The number of nitrogens with one attached hydrogen (secondary N) is 2. The molecular weight excluding hydrogens is 462 g/mol. The van der Waals surface area contributed by atoms with E-state index < -0.39 is 11.8 Å². The molecule has 34 heavy (non-hydrogen) atoms. The number of rotatable bonds is 9. The Morgan fingerprint density at radius 3 is 2.03 bits per heavy atom. The summed E-state index contributed by atoms with van der Waals surface area (Å²) in [6.45, 7) is 7.15. The van der Waals surface area contributed by atoms with Crippen LogP contribution in [-0.4, -0.2) is 44.1 Å². The fourth-order valence-corrected chi connectivity index (χ4v) is 3.76. The van der Waals surface area contributed by atoms with Gasteiger partial charge in [-0.1, -0.05) is 11.6 Å². The predicted molar refractivity (Wildman–Crippen MR) is 128 cm³/mol. The van der Waals surface area contributed by atoms with Gasteiger partial charge in [-0.2, -0.15) is 0 Å². The molecule has 1 heterocycles. The lowest BCUT2D eigenvalue weighted by Crippen LogP contribution is -2.41. The molecular formula is C24H28ClN3O6. The van der Waals surface area contributed by atoms with Crippen LogP contribution in [0.25, 0.3) is 0 Å². The van der Waals surface area contributed by atoms with Crippen molar-refractivity contribution in [2.45, 2.75) is 33.6 Å². The highest BCUT2D eigenvalue weighted by molar-refractivity contribution is 6.34. The van der Waals surface area contributed by atoms with Gasteiger partial charge in [0.05, 0.1) is 30.5 Å². The van der Waals surface area contributed by atoms with Crippen molar-refractivity contribution in [2.24, 2.45) is 0 Å². The summed E-state index contributed by atoms with van der Waals surface area (Å²) in [5.41, 5.74) is 5.72. The second kappa shape index (κ2) is 11.6. The normalized spacial score (nSPS) is 12.9. The molecule has 1 aliphatic heterocycles. The van der Waals surface area contributed by atoms with Crippen LogP contribution in [0.15, 0.2) is 30.3 Å². The van der Waals surface area contributed by atoms with Gasteiger partial charge >= 0.3 is 0 Å². The topological polar surface area (TPSA) is 106 Å². The van der Waals surface area contributed by atoms with Crippen molar-refractivity contribution < 1.29 is 28.6 Å². The average Bonchev–Trinajstić information content (AvgIpc) is 3.25. The molecule has 0 aromatic heterocycles. The predicted octanol–water partition coefficient (Wildman–Crippen LogP) is 3.74. The van der Waals surface area contributed by atoms with Gasteiger partial charge in [-0.15, -0.1) is 0 Å². The highest BCUT2D eigenvalue weighted by atomic mass is 35.5. The number of halogens is 1. The summed E-state index contributed by atoms with van der Waals surface area (Å²) in [6, 6.07) is 7.65. The Labute approximate surface area is 203 Å². The van der Waals surface area contributed by atoms with Crippen molar-refractivity contribution in [3.63, 3.8) is 0 Å². The lowest BCUT2D eigenvalue weighted by Gasteiger charge is -2.18. The highest BCUT2D eigenvalue weighted by Crippen LogP contribution is 2.39. The zero-order valence-electron chi connectivity index (χ0n) is 19.4. The summed E-state index contributed by atoms with van der Waals surface area (Å²) in [4.78, 5) is 39.1. The molecule has 0 aliphatic carbocycles. The number of hydrogen-bond donors (Lipinski definition) is 2. The second-order valence-corrected chi connectivity index (χ2v) is 7.73. The van der Waals surface area contributed by atoms with Crippen molar-refractivity contribution in [3.8, 4) is 17.2 Å². The van der Waals surface area contributed by atoms with Crippen LogP contribution in [0.4, 0.5) is 5.69 Å². The molecule has 9 nitrogen and oxygen atoms in total. The summed E-state index contributed by atoms with van der Waals surface area (Å²) in [6.07, 6.45) is 1.18. The third-order valence-corrected chi connectivity index (χ3v) is 5.35. The molecule has 1 saturated heterocycles. The molecule has 2 aromatic carbocycles. The van der Waals surface area contributed by atoms with E-state index in [-0.39, 0.29) is 17.0 Å². The standard InChI is InChI=1S/C24H28ClN3O6/c1-4-32-19-13-16(14-20(33-5-2)22(19)34-6-3)24(31)27-26-23(30)15-9-10-17(25)18(12-15)28-11-7-8-21(28)29/h9-10,12-14H,4-8,11H2,1-3H3,(H,26,30)(H,27,31). The van der Waals surface area contributed by atoms with Crippen LogP contribution in [0, 0.1) is 0 Å². The first-order valence-electron chi connectivity index (χ1n) is 11.2. The fraction of sp³-hybridized carbons (Fsp3) is 0.375. The van der Waals surface area contributed by atoms with Crippen LogP contribution < -0.4 is 30.0 Å². The molecule has 0 radical (unpaired) electrons. The maximum absolute atomic E-state index is 12.8. The first kappa shape index (κ1) is 25.2. The largest absolute Gasteiger partial charge is 0.490 e. The van der Waals surface area contributed by atoms with Crippen LogP contribution in [-0.2, 0) is 4.79 Å². The maximum Gasteiger partial charge on any atom is 0.269 e. The quantitative estimate of drug-likeness (QED) is 0.520. The summed E-state index contributed by atoms with van der Waals surface area (Å²) in [5.74, 6) is -0.0228. The Kier molecular flexibility index (Phi) is 8.59. The third-order valence-electron chi connectivity index (χ3n) is 5.03. The molecule has 3 amide bonds. The molecule has 1 fully saturated rings.